The van der Waals surface area contributed by atoms with E-state index in [1.165, 1.54) is 18.5 Å². The van der Waals surface area contributed by atoms with Gasteiger partial charge in [0.05, 0.1) is 5.56 Å². The van der Waals surface area contributed by atoms with Gasteiger partial charge in [0.1, 0.15) is 0 Å². The Morgan fingerprint density at radius 2 is 1.71 bits per heavy atom. The van der Waals surface area contributed by atoms with Gasteiger partial charge in [-0.3, -0.25) is 4.79 Å². The van der Waals surface area contributed by atoms with Crippen molar-refractivity contribution in [3.63, 3.8) is 0 Å². The third-order valence-corrected chi connectivity index (χ3v) is 3.35. The highest BCUT2D eigenvalue weighted by Gasteiger charge is 2.12. The molecule has 0 bridgehead atoms. The maximum Gasteiger partial charge on any atom is 0.258 e. The van der Waals surface area contributed by atoms with Crippen molar-refractivity contribution in [2.24, 2.45) is 0 Å². The van der Waals surface area contributed by atoms with Crippen molar-refractivity contribution in [1.29, 1.82) is 0 Å². The van der Waals surface area contributed by atoms with E-state index in [4.69, 9.17) is 0 Å². The maximum absolute atomic E-state index is 13.2. The summed E-state index contributed by atoms with van der Waals surface area (Å²) in [7, 11) is 0. The van der Waals surface area contributed by atoms with Crippen LogP contribution in [-0.4, -0.2) is 29.0 Å². The summed E-state index contributed by atoms with van der Waals surface area (Å²) in [6.07, 6.45) is 4.80. The van der Waals surface area contributed by atoms with E-state index < -0.39 is 17.5 Å². The molecule has 24 heavy (non-hydrogen) atoms. The lowest BCUT2D eigenvalue weighted by Crippen LogP contribution is -2.27. The van der Waals surface area contributed by atoms with Gasteiger partial charge in [-0.25, -0.2) is 18.7 Å². The van der Waals surface area contributed by atoms with Crippen LogP contribution >= 0.6 is 0 Å². The Kier molecular flexibility index (Phi) is 6.17. The number of rotatable bonds is 7. The number of aromatic nitrogens is 2. The summed E-state index contributed by atoms with van der Waals surface area (Å²) in [4.78, 5) is 22.6. The van der Waals surface area contributed by atoms with Crippen molar-refractivity contribution in [2.45, 2.75) is 26.7 Å². The molecule has 1 N–H and O–H groups in total. The summed E-state index contributed by atoms with van der Waals surface area (Å²) in [5.41, 5.74) is 0.415. The summed E-state index contributed by atoms with van der Waals surface area (Å²) in [5.74, 6) is -1.89. The largest absolute Gasteiger partial charge is 0.341 e. The minimum absolute atomic E-state index is 0.168. The maximum atomic E-state index is 13.2. The fourth-order valence-electron chi connectivity index (χ4n) is 2.23. The van der Waals surface area contributed by atoms with Crippen molar-refractivity contribution < 1.29 is 13.6 Å². The van der Waals surface area contributed by atoms with Crippen molar-refractivity contribution >= 4 is 17.5 Å². The van der Waals surface area contributed by atoms with Crippen LogP contribution in [0.1, 0.15) is 37.0 Å². The van der Waals surface area contributed by atoms with E-state index >= 15 is 0 Å². The number of nitrogens with zero attached hydrogens (tertiary/aromatic N) is 3. The van der Waals surface area contributed by atoms with Gasteiger partial charge in [0, 0.05) is 37.2 Å². The number of carbonyl (C=O) groups excluding carboxylic acids is 1. The topological polar surface area (TPSA) is 58.1 Å². The van der Waals surface area contributed by atoms with Crippen molar-refractivity contribution in [1.82, 2.24) is 9.97 Å². The van der Waals surface area contributed by atoms with Gasteiger partial charge in [0.15, 0.2) is 11.6 Å². The molecule has 7 heteroatoms. The predicted octanol–water partition coefficient (Wildman–Crippen LogP) is 3.63. The van der Waals surface area contributed by atoms with E-state index in [0.29, 0.717) is 5.95 Å². The van der Waals surface area contributed by atoms with Crippen LogP contribution in [0.4, 0.5) is 20.4 Å². The fraction of sp³-hybridized carbons (Fsp3) is 0.353. The van der Waals surface area contributed by atoms with E-state index in [-0.39, 0.29) is 11.3 Å². The lowest BCUT2D eigenvalue weighted by Gasteiger charge is -2.21. The number of halogens is 2. The Morgan fingerprint density at radius 1 is 1.08 bits per heavy atom. The second kappa shape index (κ2) is 8.33. The molecular formula is C17H20F2N4O. The molecule has 1 aromatic heterocycles. The number of nitrogens with one attached hydrogen (secondary N) is 1. The number of benzene rings is 1. The summed E-state index contributed by atoms with van der Waals surface area (Å²) < 4.78 is 26.1. The number of hydrogen-bond acceptors (Lipinski definition) is 4. The van der Waals surface area contributed by atoms with Gasteiger partial charge in [0.25, 0.3) is 5.91 Å². The highest BCUT2D eigenvalue weighted by atomic mass is 19.2. The van der Waals surface area contributed by atoms with Crippen LogP contribution < -0.4 is 10.2 Å². The van der Waals surface area contributed by atoms with Gasteiger partial charge in [-0.15, -0.1) is 0 Å². The molecule has 1 heterocycles. The lowest BCUT2D eigenvalue weighted by atomic mass is 10.2. The average Bonchev–Trinajstić information content (AvgIpc) is 2.58. The Bertz CT molecular complexity index is 685. The first kappa shape index (κ1) is 17.8. The summed E-state index contributed by atoms with van der Waals surface area (Å²) in [6, 6.07) is 3.17. The Hall–Kier alpha value is -2.57. The molecule has 0 aliphatic rings. The molecule has 2 rings (SSSR count). The van der Waals surface area contributed by atoms with E-state index in [2.05, 4.69) is 34.0 Å². The van der Waals surface area contributed by atoms with Crippen molar-refractivity contribution in [3.05, 3.63) is 47.8 Å². The zero-order valence-corrected chi connectivity index (χ0v) is 13.7. The molecular weight excluding hydrogens is 314 g/mol. The number of hydrogen-bond donors (Lipinski definition) is 1. The Morgan fingerprint density at radius 3 is 2.25 bits per heavy atom. The fourth-order valence-corrected chi connectivity index (χ4v) is 2.23. The van der Waals surface area contributed by atoms with Crippen molar-refractivity contribution in [3.8, 4) is 0 Å². The summed E-state index contributed by atoms with van der Waals surface area (Å²) in [6.45, 7) is 5.83. The molecule has 128 valence electrons. The normalized spacial score (nSPS) is 10.5. The molecule has 0 spiro atoms. The lowest BCUT2D eigenvalue weighted by molar-refractivity contribution is 0.102. The van der Waals surface area contributed by atoms with Gasteiger partial charge in [-0.2, -0.15) is 0 Å². The number of amides is 1. The standard InChI is InChI=1S/C17H20F2N4O/c1-3-7-23(8-4-2)17-20-10-12(11-21-17)16(24)22-13-5-6-14(18)15(19)9-13/h5-6,9-11H,3-4,7-8H2,1-2H3,(H,22,24). The molecule has 0 saturated heterocycles. The zero-order valence-electron chi connectivity index (χ0n) is 13.7. The minimum Gasteiger partial charge on any atom is -0.341 e. The van der Waals surface area contributed by atoms with Crippen LogP contribution in [0.3, 0.4) is 0 Å². The quantitative estimate of drug-likeness (QED) is 0.840. The monoisotopic (exact) mass is 334 g/mol. The first-order valence-electron chi connectivity index (χ1n) is 7.88. The molecule has 2 aromatic rings. The molecule has 0 unspecified atom stereocenters. The summed E-state index contributed by atoms with van der Waals surface area (Å²) in [5, 5.41) is 2.49. The first-order valence-corrected chi connectivity index (χ1v) is 7.88. The van der Waals surface area contributed by atoms with Crippen LogP contribution in [0.2, 0.25) is 0 Å². The predicted molar refractivity (Wildman–Crippen MR) is 89.1 cm³/mol. The van der Waals surface area contributed by atoms with Crippen LogP contribution in [0.25, 0.3) is 0 Å². The molecule has 0 aliphatic heterocycles. The average molecular weight is 334 g/mol. The van der Waals surface area contributed by atoms with Gasteiger partial charge in [-0.1, -0.05) is 13.8 Å². The molecule has 0 saturated carbocycles. The van der Waals surface area contributed by atoms with Crippen molar-refractivity contribution in [2.75, 3.05) is 23.3 Å². The first-order chi connectivity index (χ1) is 11.5. The minimum atomic E-state index is -1.02. The molecule has 0 fully saturated rings. The van der Waals surface area contributed by atoms with Gasteiger partial charge >= 0.3 is 0 Å². The van der Waals surface area contributed by atoms with Crippen LogP contribution in [-0.2, 0) is 0 Å². The molecule has 1 aromatic carbocycles. The SMILES string of the molecule is CCCN(CCC)c1ncc(C(=O)Nc2ccc(F)c(F)c2)cn1. The van der Waals surface area contributed by atoms with Crippen LogP contribution in [0.5, 0.6) is 0 Å². The highest BCUT2D eigenvalue weighted by Crippen LogP contribution is 2.15. The molecule has 1 amide bonds. The van der Waals surface area contributed by atoms with Gasteiger partial charge < -0.3 is 10.2 Å². The van der Waals surface area contributed by atoms with E-state index in [9.17, 15) is 13.6 Å². The Balaban J connectivity index is 2.08. The number of anilines is 2. The molecule has 0 radical (unpaired) electrons. The highest BCUT2D eigenvalue weighted by molar-refractivity contribution is 6.03. The van der Waals surface area contributed by atoms with Crippen LogP contribution in [0.15, 0.2) is 30.6 Å². The molecule has 0 atom stereocenters. The molecule has 0 aliphatic carbocycles. The zero-order chi connectivity index (χ0) is 17.5. The smallest absolute Gasteiger partial charge is 0.258 e. The molecule has 5 nitrogen and oxygen atoms in total. The Labute approximate surface area is 139 Å². The van der Waals surface area contributed by atoms with Gasteiger partial charge in [0.2, 0.25) is 5.95 Å². The van der Waals surface area contributed by atoms with Crippen LogP contribution in [0, 0.1) is 11.6 Å². The second-order valence-electron chi connectivity index (χ2n) is 5.34. The third-order valence-electron chi connectivity index (χ3n) is 3.35. The van der Waals surface area contributed by atoms with Gasteiger partial charge in [-0.05, 0) is 25.0 Å². The van der Waals surface area contributed by atoms with E-state index in [0.717, 1.165) is 38.1 Å². The van der Waals surface area contributed by atoms with E-state index in [1.807, 2.05) is 0 Å². The summed E-state index contributed by atoms with van der Waals surface area (Å²) >= 11 is 0. The van der Waals surface area contributed by atoms with E-state index in [1.54, 1.807) is 0 Å². The number of carbonyl (C=O) groups is 1. The second-order valence-corrected chi connectivity index (χ2v) is 5.34. The third kappa shape index (κ3) is 4.47.